The fourth-order valence-corrected chi connectivity index (χ4v) is 4.31. The van der Waals surface area contributed by atoms with Crippen LogP contribution >= 0.6 is 0 Å². The summed E-state index contributed by atoms with van der Waals surface area (Å²) in [6, 6.07) is 18.9. The minimum absolute atomic E-state index is 0.137. The van der Waals surface area contributed by atoms with E-state index in [9.17, 15) is 4.79 Å². The van der Waals surface area contributed by atoms with Gasteiger partial charge in [0.15, 0.2) is 0 Å². The largest absolute Gasteiger partial charge is 0.352 e. The van der Waals surface area contributed by atoms with Crippen LogP contribution in [0.1, 0.15) is 42.4 Å². The van der Waals surface area contributed by atoms with Crippen molar-refractivity contribution in [2.45, 2.75) is 32.2 Å². The molecule has 2 aromatic rings. The maximum atomic E-state index is 12.2. The molecule has 1 N–H and O–H groups in total. The minimum atomic E-state index is 0.137. The van der Waals surface area contributed by atoms with E-state index in [1.54, 1.807) is 5.57 Å². The van der Waals surface area contributed by atoms with Gasteiger partial charge in [0.2, 0.25) is 5.91 Å². The second-order valence-electron chi connectivity index (χ2n) is 7.35. The van der Waals surface area contributed by atoms with E-state index in [0.29, 0.717) is 18.9 Å². The quantitative estimate of drug-likeness (QED) is 0.888. The van der Waals surface area contributed by atoms with Crippen molar-refractivity contribution in [2.24, 2.45) is 0 Å². The van der Waals surface area contributed by atoms with Gasteiger partial charge in [-0.2, -0.15) is 0 Å². The van der Waals surface area contributed by atoms with E-state index in [2.05, 4.69) is 41.4 Å². The van der Waals surface area contributed by atoms with E-state index < -0.39 is 0 Å². The number of amides is 1. The van der Waals surface area contributed by atoms with Crippen LogP contribution in [-0.4, -0.2) is 30.4 Å². The fourth-order valence-electron chi connectivity index (χ4n) is 4.31. The first-order chi connectivity index (χ1) is 12.7. The Labute approximate surface area is 155 Å². The lowest BCUT2D eigenvalue weighted by Gasteiger charge is -2.33. The van der Waals surface area contributed by atoms with Gasteiger partial charge in [0.1, 0.15) is 0 Å². The average Bonchev–Trinajstić information content (AvgIpc) is 2.98. The normalized spacial score (nSPS) is 19.2. The minimum Gasteiger partial charge on any atom is -0.352 e. The summed E-state index contributed by atoms with van der Waals surface area (Å²) in [5.74, 6) is 0.658. The average molecular weight is 346 g/mol. The number of likely N-dealkylation sites (tertiary alicyclic amines) is 1. The molecule has 26 heavy (non-hydrogen) atoms. The Bertz CT molecular complexity index is 825. The number of hydrogen-bond donors (Lipinski definition) is 1. The number of hydrogen-bond acceptors (Lipinski definition) is 2. The Morgan fingerprint density at radius 2 is 1.88 bits per heavy atom. The molecular weight excluding hydrogens is 320 g/mol. The molecule has 0 spiro atoms. The van der Waals surface area contributed by atoms with Crippen molar-refractivity contribution in [3.63, 3.8) is 0 Å². The Balaban J connectivity index is 1.30. The summed E-state index contributed by atoms with van der Waals surface area (Å²) < 4.78 is 0. The first-order valence-corrected chi connectivity index (χ1v) is 9.54. The summed E-state index contributed by atoms with van der Waals surface area (Å²) in [5.41, 5.74) is 7.13. The van der Waals surface area contributed by atoms with Crippen molar-refractivity contribution in [1.29, 1.82) is 0 Å². The van der Waals surface area contributed by atoms with Gasteiger partial charge in [0.05, 0.1) is 0 Å². The van der Waals surface area contributed by atoms with Crippen LogP contribution < -0.4 is 5.32 Å². The molecule has 1 fully saturated rings. The summed E-state index contributed by atoms with van der Waals surface area (Å²) in [5, 5.41) is 3.03. The SMILES string of the molecule is CC1=C2CCN(CCC(=O)NCc3ccccc3)CC2c2ccccc21. The van der Waals surface area contributed by atoms with Gasteiger partial charge < -0.3 is 10.2 Å². The van der Waals surface area contributed by atoms with Crippen molar-refractivity contribution in [2.75, 3.05) is 19.6 Å². The highest BCUT2D eigenvalue weighted by atomic mass is 16.1. The van der Waals surface area contributed by atoms with Crippen LogP contribution in [0.25, 0.3) is 5.57 Å². The molecule has 0 saturated carbocycles. The Kier molecular flexibility index (Phi) is 4.89. The molecule has 134 valence electrons. The van der Waals surface area contributed by atoms with Crippen LogP contribution in [0.5, 0.6) is 0 Å². The molecule has 1 unspecified atom stereocenters. The van der Waals surface area contributed by atoms with Crippen molar-refractivity contribution in [1.82, 2.24) is 10.2 Å². The zero-order chi connectivity index (χ0) is 17.9. The van der Waals surface area contributed by atoms with Crippen molar-refractivity contribution >= 4 is 11.5 Å². The number of benzene rings is 2. The lowest BCUT2D eigenvalue weighted by Crippen LogP contribution is -2.37. The molecule has 1 saturated heterocycles. The first-order valence-electron chi connectivity index (χ1n) is 9.54. The molecule has 3 nitrogen and oxygen atoms in total. The summed E-state index contributed by atoms with van der Waals surface area (Å²) in [6.07, 6.45) is 1.69. The molecule has 1 aliphatic carbocycles. The van der Waals surface area contributed by atoms with Gasteiger partial charge in [-0.05, 0) is 35.6 Å². The zero-order valence-electron chi connectivity index (χ0n) is 15.4. The molecule has 4 rings (SSSR count). The van der Waals surface area contributed by atoms with Gasteiger partial charge in [0, 0.05) is 38.5 Å². The Hall–Kier alpha value is -2.39. The van der Waals surface area contributed by atoms with E-state index in [4.69, 9.17) is 0 Å². The van der Waals surface area contributed by atoms with Gasteiger partial charge in [-0.3, -0.25) is 4.79 Å². The first kappa shape index (κ1) is 17.0. The van der Waals surface area contributed by atoms with Crippen LogP contribution in [0, 0.1) is 0 Å². The standard InChI is InChI=1S/C23H26N2O/c1-17-19-9-5-6-10-21(19)22-16-25(13-11-20(17)22)14-12-23(26)24-15-18-7-3-2-4-8-18/h2-10,22H,11-16H2,1H3,(H,24,26). The summed E-state index contributed by atoms with van der Waals surface area (Å²) >= 11 is 0. The van der Waals surface area contributed by atoms with Gasteiger partial charge >= 0.3 is 0 Å². The molecule has 0 radical (unpaired) electrons. The van der Waals surface area contributed by atoms with Gasteiger partial charge in [0.25, 0.3) is 0 Å². The smallest absolute Gasteiger partial charge is 0.221 e. The molecule has 1 amide bonds. The second-order valence-corrected chi connectivity index (χ2v) is 7.35. The molecular formula is C23H26N2O. The highest BCUT2D eigenvalue weighted by Crippen LogP contribution is 2.45. The van der Waals surface area contributed by atoms with Gasteiger partial charge in [-0.1, -0.05) is 60.2 Å². The third-order valence-corrected chi connectivity index (χ3v) is 5.77. The summed E-state index contributed by atoms with van der Waals surface area (Å²) in [6.45, 7) is 5.81. The van der Waals surface area contributed by atoms with Crippen LogP contribution in [0.15, 0.2) is 60.2 Å². The predicted octanol–water partition coefficient (Wildman–Crippen LogP) is 3.97. The number of allylic oxidation sites excluding steroid dienone is 1. The van der Waals surface area contributed by atoms with Crippen LogP contribution in [-0.2, 0) is 11.3 Å². The highest BCUT2D eigenvalue weighted by molar-refractivity contribution is 5.77. The Morgan fingerprint density at radius 1 is 1.12 bits per heavy atom. The third kappa shape index (κ3) is 3.45. The number of piperidine rings is 1. The molecule has 0 aromatic heterocycles. The molecule has 3 heteroatoms. The number of nitrogens with zero attached hydrogens (tertiary/aromatic N) is 1. The molecule has 0 bridgehead atoms. The highest BCUT2D eigenvalue weighted by Gasteiger charge is 2.33. The number of carbonyl (C=O) groups excluding carboxylic acids is 1. The predicted molar refractivity (Wildman–Crippen MR) is 106 cm³/mol. The van der Waals surface area contributed by atoms with Crippen LogP contribution in [0.3, 0.4) is 0 Å². The summed E-state index contributed by atoms with van der Waals surface area (Å²) in [4.78, 5) is 14.6. The van der Waals surface area contributed by atoms with E-state index >= 15 is 0 Å². The fraction of sp³-hybridized carbons (Fsp3) is 0.348. The van der Waals surface area contributed by atoms with E-state index in [0.717, 1.165) is 31.6 Å². The van der Waals surface area contributed by atoms with E-state index in [1.807, 2.05) is 30.3 Å². The van der Waals surface area contributed by atoms with E-state index in [1.165, 1.54) is 16.7 Å². The van der Waals surface area contributed by atoms with Crippen molar-refractivity contribution in [3.05, 3.63) is 76.9 Å². The monoisotopic (exact) mass is 346 g/mol. The molecule has 1 atom stereocenters. The van der Waals surface area contributed by atoms with Crippen LogP contribution in [0.2, 0.25) is 0 Å². The molecule has 1 aliphatic heterocycles. The number of rotatable bonds is 5. The summed E-state index contributed by atoms with van der Waals surface area (Å²) in [7, 11) is 0. The molecule has 1 heterocycles. The lowest BCUT2D eigenvalue weighted by atomic mass is 9.89. The second kappa shape index (κ2) is 7.46. The topological polar surface area (TPSA) is 32.3 Å². The van der Waals surface area contributed by atoms with Gasteiger partial charge in [-0.15, -0.1) is 0 Å². The van der Waals surface area contributed by atoms with Gasteiger partial charge in [-0.25, -0.2) is 0 Å². The number of carbonyl (C=O) groups is 1. The van der Waals surface area contributed by atoms with Crippen molar-refractivity contribution in [3.8, 4) is 0 Å². The molecule has 2 aliphatic rings. The van der Waals surface area contributed by atoms with E-state index in [-0.39, 0.29) is 5.91 Å². The van der Waals surface area contributed by atoms with Crippen molar-refractivity contribution < 1.29 is 4.79 Å². The number of nitrogens with one attached hydrogen (secondary N) is 1. The maximum Gasteiger partial charge on any atom is 0.221 e. The zero-order valence-corrected chi connectivity index (χ0v) is 15.4. The Morgan fingerprint density at radius 3 is 2.73 bits per heavy atom. The third-order valence-electron chi connectivity index (χ3n) is 5.77. The maximum absolute atomic E-state index is 12.2. The number of fused-ring (bicyclic) bond motifs is 3. The lowest BCUT2D eigenvalue weighted by molar-refractivity contribution is -0.121. The molecule has 2 aromatic carbocycles. The van der Waals surface area contributed by atoms with Crippen LogP contribution in [0.4, 0.5) is 0 Å².